The molecule has 0 saturated carbocycles. The van der Waals surface area contributed by atoms with E-state index < -0.39 is 11.8 Å². The van der Waals surface area contributed by atoms with Crippen LogP contribution in [0, 0.1) is 19.7 Å². The highest BCUT2D eigenvalue weighted by molar-refractivity contribution is 5.97. The molecule has 5 heteroatoms. The first kappa shape index (κ1) is 12.3. The summed E-state index contributed by atoms with van der Waals surface area (Å²) in [7, 11) is 1.77. The third-order valence-corrected chi connectivity index (χ3v) is 3.01. The molecular weight excluding hydrogens is 235 g/mol. The van der Waals surface area contributed by atoms with Crippen molar-refractivity contribution in [2.75, 3.05) is 0 Å². The lowest BCUT2D eigenvalue weighted by atomic mass is 9.97. The number of benzene rings is 1. The second-order valence-electron chi connectivity index (χ2n) is 4.14. The topological polar surface area (TPSA) is 55.1 Å². The molecule has 0 aliphatic rings. The highest BCUT2D eigenvalue weighted by Gasteiger charge is 2.21. The maximum absolute atomic E-state index is 13.6. The Hall–Kier alpha value is -2.17. The van der Waals surface area contributed by atoms with Crippen molar-refractivity contribution in [1.29, 1.82) is 0 Å². The van der Waals surface area contributed by atoms with Gasteiger partial charge in [0.15, 0.2) is 0 Å². The quantitative estimate of drug-likeness (QED) is 0.888. The molecule has 0 spiro atoms. The molecule has 1 aromatic heterocycles. The number of rotatable bonds is 2. The van der Waals surface area contributed by atoms with Gasteiger partial charge in [-0.1, -0.05) is 12.1 Å². The van der Waals surface area contributed by atoms with E-state index in [-0.39, 0.29) is 5.56 Å². The van der Waals surface area contributed by atoms with E-state index in [0.29, 0.717) is 16.8 Å². The van der Waals surface area contributed by atoms with Crippen molar-refractivity contribution < 1.29 is 14.3 Å². The Labute approximate surface area is 104 Å². The summed E-state index contributed by atoms with van der Waals surface area (Å²) in [6.07, 6.45) is 0. The number of aryl methyl sites for hydroxylation is 2. The maximum atomic E-state index is 13.6. The number of aromatic carboxylic acids is 1. The fourth-order valence-corrected chi connectivity index (χ4v) is 2.11. The Morgan fingerprint density at radius 3 is 2.56 bits per heavy atom. The van der Waals surface area contributed by atoms with E-state index >= 15 is 0 Å². The zero-order valence-corrected chi connectivity index (χ0v) is 10.4. The zero-order chi connectivity index (χ0) is 13.4. The Balaban J connectivity index is 2.79. The molecule has 94 valence electrons. The van der Waals surface area contributed by atoms with Gasteiger partial charge in [-0.2, -0.15) is 5.10 Å². The smallest absolute Gasteiger partial charge is 0.339 e. The molecule has 0 aliphatic heterocycles. The first-order valence-corrected chi connectivity index (χ1v) is 5.46. The third kappa shape index (κ3) is 1.77. The van der Waals surface area contributed by atoms with Crippen LogP contribution in [0.25, 0.3) is 11.1 Å². The lowest BCUT2D eigenvalue weighted by Gasteiger charge is -2.07. The van der Waals surface area contributed by atoms with Crippen molar-refractivity contribution in [2.24, 2.45) is 7.05 Å². The number of hydrogen-bond acceptors (Lipinski definition) is 2. The van der Waals surface area contributed by atoms with Gasteiger partial charge in [0.2, 0.25) is 0 Å². The average Bonchev–Trinajstić information content (AvgIpc) is 2.52. The van der Waals surface area contributed by atoms with Crippen LogP contribution < -0.4 is 0 Å². The molecule has 0 fully saturated rings. The van der Waals surface area contributed by atoms with Crippen LogP contribution in [0.2, 0.25) is 0 Å². The molecule has 1 heterocycles. The molecule has 0 aliphatic carbocycles. The van der Waals surface area contributed by atoms with Gasteiger partial charge in [-0.25, -0.2) is 9.18 Å². The van der Waals surface area contributed by atoms with Crippen molar-refractivity contribution in [3.63, 3.8) is 0 Å². The Morgan fingerprint density at radius 1 is 1.39 bits per heavy atom. The van der Waals surface area contributed by atoms with Gasteiger partial charge in [-0.3, -0.25) is 4.68 Å². The SMILES string of the molecule is Cc1nn(C)c(C)c1-c1cccc(F)c1C(=O)O. The standard InChI is InChI=1S/C13H13FN2O2/c1-7-11(8(2)16(3)15-7)9-5-4-6-10(14)12(9)13(17)18/h4-6H,1-3H3,(H,17,18). The van der Waals surface area contributed by atoms with Crippen molar-refractivity contribution in [1.82, 2.24) is 9.78 Å². The highest BCUT2D eigenvalue weighted by Crippen LogP contribution is 2.30. The molecular formula is C13H13FN2O2. The summed E-state index contributed by atoms with van der Waals surface area (Å²) in [5, 5.41) is 13.3. The summed E-state index contributed by atoms with van der Waals surface area (Å²) in [5.74, 6) is -2.01. The minimum Gasteiger partial charge on any atom is -0.478 e. The molecule has 0 atom stereocenters. The van der Waals surface area contributed by atoms with Crippen LogP contribution in [0.5, 0.6) is 0 Å². The van der Waals surface area contributed by atoms with Gasteiger partial charge in [0.1, 0.15) is 11.4 Å². The van der Waals surface area contributed by atoms with E-state index in [1.165, 1.54) is 6.07 Å². The van der Waals surface area contributed by atoms with Crippen molar-refractivity contribution in [3.05, 3.63) is 41.0 Å². The number of aromatic nitrogens is 2. The predicted octanol–water partition coefficient (Wildman–Crippen LogP) is 2.54. The lowest BCUT2D eigenvalue weighted by molar-refractivity contribution is 0.0693. The summed E-state index contributed by atoms with van der Waals surface area (Å²) < 4.78 is 15.3. The summed E-state index contributed by atoms with van der Waals surface area (Å²) in [5.41, 5.74) is 2.22. The first-order valence-electron chi connectivity index (χ1n) is 5.46. The van der Waals surface area contributed by atoms with Gasteiger partial charge in [-0.05, 0) is 19.9 Å². The number of nitrogens with zero attached hydrogens (tertiary/aromatic N) is 2. The van der Waals surface area contributed by atoms with E-state index in [1.807, 2.05) is 6.92 Å². The molecule has 1 N–H and O–H groups in total. The van der Waals surface area contributed by atoms with Crippen molar-refractivity contribution in [3.8, 4) is 11.1 Å². The second kappa shape index (κ2) is 4.25. The van der Waals surface area contributed by atoms with Gasteiger partial charge >= 0.3 is 5.97 Å². The monoisotopic (exact) mass is 248 g/mol. The zero-order valence-electron chi connectivity index (χ0n) is 10.4. The van der Waals surface area contributed by atoms with E-state index in [1.54, 1.807) is 24.7 Å². The molecule has 0 saturated heterocycles. The average molecular weight is 248 g/mol. The number of hydrogen-bond donors (Lipinski definition) is 1. The number of carbonyl (C=O) groups is 1. The second-order valence-corrected chi connectivity index (χ2v) is 4.14. The molecule has 0 radical (unpaired) electrons. The largest absolute Gasteiger partial charge is 0.478 e. The van der Waals surface area contributed by atoms with Gasteiger partial charge in [0.05, 0.1) is 5.69 Å². The molecule has 1 aromatic carbocycles. The molecule has 0 amide bonds. The number of carboxylic acids is 1. The summed E-state index contributed by atoms with van der Waals surface area (Å²) in [6.45, 7) is 3.60. The minimum absolute atomic E-state index is 0.309. The van der Waals surface area contributed by atoms with Crippen LogP contribution >= 0.6 is 0 Å². The summed E-state index contributed by atoms with van der Waals surface area (Å²) in [6, 6.07) is 4.25. The van der Waals surface area contributed by atoms with Crippen LogP contribution in [-0.4, -0.2) is 20.9 Å². The number of carboxylic acid groups (broad SMARTS) is 1. The van der Waals surface area contributed by atoms with Crippen LogP contribution in [0.3, 0.4) is 0 Å². The highest BCUT2D eigenvalue weighted by atomic mass is 19.1. The Kier molecular flexibility index (Phi) is 2.90. The van der Waals surface area contributed by atoms with Crippen LogP contribution in [0.4, 0.5) is 4.39 Å². The number of halogens is 1. The molecule has 0 bridgehead atoms. The third-order valence-electron chi connectivity index (χ3n) is 3.01. The molecule has 4 nitrogen and oxygen atoms in total. The van der Waals surface area contributed by atoms with Gasteiger partial charge < -0.3 is 5.11 Å². The molecule has 18 heavy (non-hydrogen) atoms. The van der Waals surface area contributed by atoms with Crippen LogP contribution in [0.1, 0.15) is 21.7 Å². The normalized spacial score (nSPS) is 10.7. The van der Waals surface area contributed by atoms with Crippen molar-refractivity contribution >= 4 is 5.97 Å². The van der Waals surface area contributed by atoms with E-state index in [2.05, 4.69) is 5.10 Å². The molecule has 2 aromatic rings. The summed E-state index contributed by atoms with van der Waals surface area (Å²) >= 11 is 0. The van der Waals surface area contributed by atoms with Crippen LogP contribution in [0.15, 0.2) is 18.2 Å². The fraction of sp³-hybridized carbons (Fsp3) is 0.231. The molecule has 0 unspecified atom stereocenters. The molecule has 2 rings (SSSR count). The first-order chi connectivity index (χ1) is 8.43. The Morgan fingerprint density at radius 2 is 2.06 bits per heavy atom. The van der Waals surface area contributed by atoms with Gasteiger partial charge in [0.25, 0.3) is 0 Å². The Bertz CT molecular complexity index is 632. The van der Waals surface area contributed by atoms with E-state index in [0.717, 1.165) is 11.8 Å². The van der Waals surface area contributed by atoms with Gasteiger partial charge in [-0.15, -0.1) is 0 Å². The van der Waals surface area contributed by atoms with E-state index in [4.69, 9.17) is 5.11 Å². The minimum atomic E-state index is -1.27. The van der Waals surface area contributed by atoms with Crippen molar-refractivity contribution in [2.45, 2.75) is 13.8 Å². The fourth-order valence-electron chi connectivity index (χ4n) is 2.11. The lowest BCUT2D eigenvalue weighted by Crippen LogP contribution is -2.04. The summed E-state index contributed by atoms with van der Waals surface area (Å²) in [4.78, 5) is 11.2. The van der Waals surface area contributed by atoms with Crippen LogP contribution in [-0.2, 0) is 7.05 Å². The predicted molar refractivity (Wildman–Crippen MR) is 65.0 cm³/mol. The van der Waals surface area contributed by atoms with E-state index in [9.17, 15) is 9.18 Å². The maximum Gasteiger partial charge on any atom is 0.339 e. The van der Waals surface area contributed by atoms with Gasteiger partial charge in [0, 0.05) is 23.9 Å².